The van der Waals surface area contributed by atoms with Crippen LogP contribution in [0.5, 0.6) is 0 Å². The van der Waals surface area contributed by atoms with Crippen molar-refractivity contribution < 1.29 is 9.90 Å². The molecule has 13 heavy (non-hydrogen) atoms. The molecule has 1 amide bonds. The van der Waals surface area contributed by atoms with Crippen molar-refractivity contribution in [3.8, 4) is 0 Å². The Balaban J connectivity index is 1.93. The van der Waals surface area contributed by atoms with E-state index in [0.717, 1.165) is 12.5 Å². The van der Waals surface area contributed by atoms with Crippen LogP contribution in [0, 0.1) is 5.92 Å². The fraction of sp³-hybridized carbons (Fsp3) is 0.889. The van der Waals surface area contributed by atoms with Crippen LogP contribution in [0.4, 0.5) is 0 Å². The van der Waals surface area contributed by atoms with Crippen molar-refractivity contribution in [2.45, 2.75) is 31.4 Å². The highest BCUT2D eigenvalue weighted by Gasteiger charge is 2.37. The maximum absolute atomic E-state index is 11.0. The van der Waals surface area contributed by atoms with Crippen molar-refractivity contribution in [3.05, 3.63) is 0 Å². The smallest absolute Gasteiger partial charge is 0.234 e. The SMILES string of the molecule is NC(=O)C1CC(O)CN1CC1CC1. The Kier molecular flexibility index (Phi) is 2.26. The molecule has 2 atom stereocenters. The molecule has 4 nitrogen and oxygen atoms in total. The molecular weight excluding hydrogens is 168 g/mol. The number of carbonyl (C=O) groups excluding carboxylic acids is 1. The molecule has 0 aromatic rings. The summed E-state index contributed by atoms with van der Waals surface area (Å²) in [5.74, 6) is 0.448. The Morgan fingerprint density at radius 2 is 2.23 bits per heavy atom. The highest BCUT2D eigenvalue weighted by atomic mass is 16.3. The van der Waals surface area contributed by atoms with Gasteiger partial charge in [-0.3, -0.25) is 9.69 Å². The first-order valence-corrected chi connectivity index (χ1v) is 4.88. The summed E-state index contributed by atoms with van der Waals surface area (Å²) in [6.07, 6.45) is 2.68. The van der Waals surface area contributed by atoms with Gasteiger partial charge in [0.05, 0.1) is 12.1 Å². The van der Waals surface area contributed by atoms with Crippen molar-refractivity contribution in [1.82, 2.24) is 4.90 Å². The number of β-amino-alcohol motifs (C(OH)–C–C–N with tert-alkyl or cyclic N) is 1. The minimum atomic E-state index is -0.365. The van der Waals surface area contributed by atoms with Crippen LogP contribution in [0.15, 0.2) is 0 Å². The highest BCUT2D eigenvalue weighted by Crippen LogP contribution is 2.32. The first-order valence-electron chi connectivity index (χ1n) is 4.88. The normalized spacial score (nSPS) is 35.2. The largest absolute Gasteiger partial charge is 0.392 e. The van der Waals surface area contributed by atoms with Gasteiger partial charge < -0.3 is 10.8 Å². The van der Waals surface area contributed by atoms with E-state index in [9.17, 15) is 9.90 Å². The number of nitrogens with zero attached hydrogens (tertiary/aromatic N) is 1. The monoisotopic (exact) mass is 184 g/mol. The van der Waals surface area contributed by atoms with E-state index < -0.39 is 0 Å². The van der Waals surface area contributed by atoms with Gasteiger partial charge in [0, 0.05) is 13.1 Å². The van der Waals surface area contributed by atoms with Gasteiger partial charge in [-0.1, -0.05) is 0 Å². The predicted octanol–water partition coefficient (Wildman–Crippen LogP) is -0.683. The van der Waals surface area contributed by atoms with Gasteiger partial charge in [0.15, 0.2) is 0 Å². The Morgan fingerprint density at radius 3 is 2.77 bits per heavy atom. The van der Waals surface area contributed by atoms with E-state index in [2.05, 4.69) is 0 Å². The summed E-state index contributed by atoms with van der Waals surface area (Å²) in [5, 5.41) is 9.40. The summed E-state index contributed by atoms with van der Waals surface area (Å²) in [6.45, 7) is 1.55. The van der Waals surface area contributed by atoms with Gasteiger partial charge in [0.25, 0.3) is 0 Å². The van der Waals surface area contributed by atoms with Crippen LogP contribution in [0.2, 0.25) is 0 Å². The zero-order chi connectivity index (χ0) is 9.42. The predicted molar refractivity (Wildman–Crippen MR) is 47.9 cm³/mol. The average molecular weight is 184 g/mol. The van der Waals surface area contributed by atoms with Crippen LogP contribution in [0.1, 0.15) is 19.3 Å². The van der Waals surface area contributed by atoms with Crippen LogP contribution >= 0.6 is 0 Å². The van der Waals surface area contributed by atoms with Gasteiger partial charge >= 0.3 is 0 Å². The molecule has 1 aliphatic carbocycles. The minimum absolute atomic E-state index is 0.226. The molecule has 0 spiro atoms. The van der Waals surface area contributed by atoms with Crippen molar-refractivity contribution in [3.63, 3.8) is 0 Å². The second-order valence-electron chi connectivity index (χ2n) is 4.20. The van der Waals surface area contributed by atoms with Crippen LogP contribution in [-0.4, -0.2) is 41.1 Å². The summed E-state index contributed by atoms with van der Waals surface area (Å²) in [7, 11) is 0. The molecule has 2 fully saturated rings. The molecule has 0 radical (unpaired) electrons. The lowest BCUT2D eigenvalue weighted by molar-refractivity contribution is -0.122. The first kappa shape index (κ1) is 8.97. The fourth-order valence-electron chi connectivity index (χ4n) is 2.01. The second kappa shape index (κ2) is 3.27. The Morgan fingerprint density at radius 1 is 1.54 bits per heavy atom. The molecule has 1 saturated carbocycles. The third kappa shape index (κ3) is 2.00. The molecule has 2 unspecified atom stereocenters. The molecule has 1 heterocycles. The topological polar surface area (TPSA) is 66.6 Å². The summed E-state index contributed by atoms with van der Waals surface area (Å²) in [4.78, 5) is 13.1. The molecule has 4 heteroatoms. The van der Waals surface area contributed by atoms with Crippen LogP contribution in [0.3, 0.4) is 0 Å². The molecule has 1 saturated heterocycles. The Bertz CT molecular complexity index is 216. The summed E-state index contributed by atoms with van der Waals surface area (Å²) in [5.41, 5.74) is 5.25. The number of rotatable bonds is 3. The average Bonchev–Trinajstić information content (AvgIpc) is 2.75. The van der Waals surface area contributed by atoms with Crippen molar-refractivity contribution in [2.24, 2.45) is 11.7 Å². The molecule has 0 aromatic carbocycles. The number of hydrogen-bond donors (Lipinski definition) is 2. The van der Waals surface area contributed by atoms with Gasteiger partial charge in [0.2, 0.25) is 5.91 Å². The van der Waals surface area contributed by atoms with Crippen LogP contribution < -0.4 is 5.73 Å². The van der Waals surface area contributed by atoms with E-state index >= 15 is 0 Å². The zero-order valence-corrected chi connectivity index (χ0v) is 7.65. The molecule has 2 rings (SSSR count). The Labute approximate surface area is 77.7 Å². The van der Waals surface area contributed by atoms with Gasteiger partial charge in [0.1, 0.15) is 0 Å². The second-order valence-corrected chi connectivity index (χ2v) is 4.20. The first-order chi connectivity index (χ1) is 6.16. The zero-order valence-electron chi connectivity index (χ0n) is 7.65. The number of hydrogen-bond acceptors (Lipinski definition) is 3. The number of aliphatic hydroxyl groups excluding tert-OH is 1. The minimum Gasteiger partial charge on any atom is -0.392 e. The summed E-state index contributed by atoms with van der Waals surface area (Å²) < 4.78 is 0. The molecule has 0 aromatic heterocycles. The number of primary amides is 1. The van der Waals surface area contributed by atoms with E-state index in [1.807, 2.05) is 4.90 Å². The van der Waals surface area contributed by atoms with E-state index in [-0.39, 0.29) is 18.1 Å². The standard InChI is InChI=1S/C9H16N2O2/c10-9(13)8-3-7(12)5-11(8)4-6-1-2-6/h6-8,12H,1-5H2,(H2,10,13). The summed E-state index contributed by atoms with van der Waals surface area (Å²) >= 11 is 0. The third-order valence-electron chi connectivity index (χ3n) is 2.90. The van der Waals surface area contributed by atoms with E-state index in [1.165, 1.54) is 12.8 Å². The van der Waals surface area contributed by atoms with Crippen molar-refractivity contribution in [1.29, 1.82) is 0 Å². The van der Waals surface area contributed by atoms with Crippen LogP contribution in [-0.2, 0) is 4.79 Å². The third-order valence-corrected chi connectivity index (χ3v) is 2.90. The number of aliphatic hydroxyl groups is 1. The number of carbonyl (C=O) groups is 1. The lowest BCUT2D eigenvalue weighted by atomic mass is 10.2. The molecular formula is C9H16N2O2. The van der Waals surface area contributed by atoms with Gasteiger partial charge in [-0.15, -0.1) is 0 Å². The highest BCUT2D eigenvalue weighted by molar-refractivity contribution is 5.80. The van der Waals surface area contributed by atoms with Gasteiger partial charge in [-0.2, -0.15) is 0 Å². The lowest BCUT2D eigenvalue weighted by Gasteiger charge is -2.20. The van der Waals surface area contributed by atoms with Gasteiger partial charge in [-0.25, -0.2) is 0 Å². The molecule has 2 aliphatic rings. The van der Waals surface area contributed by atoms with Crippen LogP contribution in [0.25, 0.3) is 0 Å². The molecule has 1 aliphatic heterocycles. The van der Waals surface area contributed by atoms with E-state index in [4.69, 9.17) is 5.73 Å². The number of amides is 1. The lowest BCUT2D eigenvalue weighted by Crippen LogP contribution is -2.41. The number of likely N-dealkylation sites (tertiary alicyclic amines) is 1. The van der Waals surface area contributed by atoms with E-state index in [0.29, 0.717) is 13.0 Å². The summed E-state index contributed by atoms with van der Waals surface area (Å²) in [6, 6.07) is -0.226. The maximum atomic E-state index is 11.0. The van der Waals surface area contributed by atoms with Gasteiger partial charge in [-0.05, 0) is 25.2 Å². The Hall–Kier alpha value is -0.610. The fourth-order valence-corrected chi connectivity index (χ4v) is 2.01. The van der Waals surface area contributed by atoms with Crippen molar-refractivity contribution >= 4 is 5.91 Å². The van der Waals surface area contributed by atoms with E-state index in [1.54, 1.807) is 0 Å². The number of nitrogens with two attached hydrogens (primary N) is 1. The molecule has 74 valence electrons. The quantitative estimate of drug-likeness (QED) is 0.610. The molecule has 0 bridgehead atoms. The maximum Gasteiger partial charge on any atom is 0.234 e. The molecule has 3 N–H and O–H groups in total. The van der Waals surface area contributed by atoms with Crippen molar-refractivity contribution in [2.75, 3.05) is 13.1 Å².